The average Bonchev–Trinajstić information content (AvgIpc) is 2.36. The fourth-order valence-electron chi connectivity index (χ4n) is 1.69. The Bertz CT molecular complexity index is 649. The van der Waals surface area contributed by atoms with E-state index in [4.69, 9.17) is 11.6 Å². The first-order chi connectivity index (χ1) is 8.52. The third kappa shape index (κ3) is 2.15. The molecule has 0 saturated carbocycles. The van der Waals surface area contributed by atoms with Crippen LogP contribution in [0.4, 0.5) is 0 Å². The maximum absolute atomic E-state index is 11.4. The quantitative estimate of drug-likeness (QED) is 0.669. The molecule has 0 spiro atoms. The molecule has 0 fully saturated rings. The highest BCUT2D eigenvalue weighted by Crippen LogP contribution is 2.27. The molecule has 2 aromatic carbocycles. The molecule has 0 radical (unpaired) electrons. The van der Waals surface area contributed by atoms with Gasteiger partial charge in [-0.15, -0.1) is 0 Å². The maximum Gasteiger partial charge on any atom is 0.337 e. The number of carbonyl (C=O) groups excluding carboxylic acids is 2. The third-order valence-electron chi connectivity index (χ3n) is 2.59. The second-order valence-corrected chi connectivity index (χ2v) is 4.04. The summed E-state index contributed by atoms with van der Waals surface area (Å²) in [4.78, 5) is 22.5. The number of aromatic hydroxyl groups is 1. The molecular formula is C13H9ClO4. The Labute approximate surface area is 108 Å². The molecule has 0 bridgehead atoms. The van der Waals surface area contributed by atoms with Crippen LogP contribution in [0.15, 0.2) is 30.3 Å². The summed E-state index contributed by atoms with van der Waals surface area (Å²) in [5, 5.41) is 10.2. The number of benzene rings is 2. The van der Waals surface area contributed by atoms with Gasteiger partial charge in [-0.25, -0.2) is 4.79 Å². The molecule has 5 heteroatoms. The van der Waals surface area contributed by atoms with Crippen molar-refractivity contribution >= 4 is 33.6 Å². The van der Waals surface area contributed by atoms with Crippen molar-refractivity contribution in [2.24, 2.45) is 0 Å². The third-order valence-corrected chi connectivity index (χ3v) is 2.79. The zero-order valence-electron chi connectivity index (χ0n) is 9.44. The molecule has 0 heterocycles. The summed E-state index contributed by atoms with van der Waals surface area (Å²) in [7, 11) is 1.29. The van der Waals surface area contributed by atoms with E-state index in [9.17, 15) is 14.7 Å². The van der Waals surface area contributed by atoms with Gasteiger partial charge >= 0.3 is 5.97 Å². The minimum atomic E-state index is -0.752. The predicted octanol–water partition coefficient (Wildman–Crippen LogP) is 2.71. The van der Waals surface area contributed by atoms with Crippen molar-refractivity contribution in [3.8, 4) is 5.75 Å². The smallest absolute Gasteiger partial charge is 0.337 e. The first kappa shape index (κ1) is 12.4. The molecule has 0 saturated heterocycles. The van der Waals surface area contributed by atoms with E-state index in [1.54, 1.807) is 18.2 Å². The highest BCUT2D eigenvalue weighted by molar-refractivity contribution is 6.68. The summed E-state index contributed by atoms with van der Waals surface area (Å²) in [6, 6.07) is 7.67. The Hall–Kier alpha value is -2.07. The van der Waals surface area contributed by atoms with Crippen molar-refractivity contribution in [2.45, 2.75) is 0 Å². The van der Waals surface area contributed by atoms with Gasteiger partial charge in [0, 0.05) is 0 Å². The Balaban J connectivity index is 2.65. The van der Waals surface area contributed by atoms with Gasteiger partial charge in [0.1, 0.15) is 5.75 Å². The summed E-state index contributed by atoms with van der Waals surface area (Å²) >= 11 is 5.35. The number of rotatable bonds is 2. The van der Waals surface area contributed by atoms with Gasteiger partial charge in [0.25, 0.3) is 5.24 Å². The van der Waals surface area contributed by atoms with E-state index < -0.39 is 11.2 Å². The first-order valence-electron chi connectivity index (χ1n) is 5.08. The van der Waals surface area contributed by atoms with E-state index in [2.05, 4.69) is 4.74 Å². The highest BCUT2D eigenvalue weighted by atomic mass is 35.5. The van der Waals surface area contributed by atoms with E-state index in [1.165, 1.54) is 19.2 Å². The van der Waals surface area contributed by atoms with Crippen LogP contribution in [0.3, 0.4) is 0 Å². The van der Waals surface area contributed by atoms with Gasteiger partial charge in [-0.2, -0.15) is 0 Å². The monoisotopic (exact) mass is 264 g/mol. The van der Waals surface area contributed by atoms with Gasteiger partial charge in [0.05, 0.1) is 18.2 Å². The standard InChI is InChI=1S/C13H9ClO4/c1-18-13(17)8-3-2-7-6-11(15)10(12(14)16)5-9(7)4-8/h2-6,15H,1H3. The number of ether oxygens (including phenoxy) is 1. The number of hydrogen-bond donors (Lipinski definition) is 1. The van der Waals surface area contributed by atoms with Crippen LogP contribution in [0.25, 0.3) is 10.8 Å². The van der Waals surface area contributed by atoms with E-state index in [0.717, 1.165) is 0 Å². The number of phenols is 1. The van der Waals surface area contributed by atoms with Gasteiger partial charge in [0.15, 0.2) is 0 Å². The predicted molar refractivity (Wildman–Crippen MR) is 67.1 cm³/mol. The normalized spacial score (nSPS) is 10.3. The Morgan fingerprint density at radius 2 is 1.89 bits per heavy atom. The van der Waals surface area contributed by atoms with Crippen LogP contribution in [0.2, 0.25) is 0 Å². The lowest BCUT2D eigenvalue weighted by Gasteiger charge is -2.05. The van der Waals surface area contributed by atoms with Crippen molar-refractivity contribution in [3.63, 3.8) is 0 Å². The molecule has 0 aromatic heterocycles. The average molecular weight is 265 g/mol. The molecule has 0 amide bonds. The minimum Gasteiger partial charge on any atom is -0.507 e. The van der Waals surface area contributed by atoms with Crippen molar-refractivity contribution in [2.75, 3.05) is 7.11 Å². The molecule has 0 atom stereocenters. The van der Waals surface area contributed by atoms with Crippen LogP contribution >= 0.6 is 11.6 Å². The lowest BCUT2D eigenvalue weighted by Crippen LogP contribution is -2.00. The number of fused-ring (bicyclic) bond motifs is 1. The SMILES string of the molecule is COC(=O)c1ccc2cc(O)c(C(=O)Cl)cc2c1. The molecule has 18 heavy (non-hydrogen) atoms. The van der Waals surface area contributed by atoms with E-state index in [0.29, 0.717) is 16.3 Å². The Kier molecular flexibility index (Phi) is 3.21. The summed E-state index contributed by atoms with van der Waals surface area (Å²) in [5.41, 5.74) is 0.370. The zero-order valence-corrected chi connectivity index (χ0v) is 10.2. The lowest BCUT2D eigenvalue weighted by atomic mass is 10.0. The van der Waals surface area contributed by atoms with Crippen LogP contribution in [0, 0.1) is 0 Å². The summed E-state index contributed by atoms with van der Waals surface area (Å²) in [6.45, 7) is 0. The number of hydrogen-bond acceptors (Lipinski definition) is 4. The molecule has 2 rings (SSSR count). The van der Waals surface area contributed by atoms with E-state index in [-0.39, 0.29) is 11.3 Å². The van der Waals surface area contributed by atoms with Gasteiger partial charge in [-0.05, 0) is 46.6 Å². The van der Waals surface area contributed by atoms with Crippen molar-refractivity contribution < 1.29 is 19.4 Å². The molecule has 2 aromatic rings. The van der Waals surface area contributed by atoms with Crippen LogP contribution in [0.1, 0.15) is 20.7 Å². The van der Waals surface area contributed by atoms with Crippen LogP contribution < -0.4 is 0 Å². The molecule has 92 valence electrons. The van der Waals surface area contributed by atoms with Crippen molar-refractivity contribution in [1.82, 2.24) is 0 Å². The number of phenolic OH excluding ortho intramolecular Hbond substituents is 1. The molecule has 0 aliphatic heterocycles. The fraction of sp³-hybridized carbons (Fsp3) is 0.0769. The number of esters is 1. The highest BCUT2D eigenvalue weighted by Gasteiger charge is 2.12. The summed E-state index contributed by atoms with van der Waals surface area (Å²) in [6.07, 6.45) is 0. The second kappa shape index (κ2) is 4.66. The number of halogens is 1. The van der Waals surface area contributed by atoms with Gasteiger partial charge < -0.3 is 9.84 Å². The minimum absolute atomic E-state index is 0.00572. The number of carbonyl (C=O) groups is 2. The van der Waals surface area contributed by atoms with Crippen LogP contribution in [-0.4, -0.2) is 23.4 Å². The van der Waals surface area contributed by atoms with Gasteiger partial charge in [-0.3, -0.25) is 4.79 Å². The van der Waals surface area contributed by atoms with Crippen LogP contribution in [0.5, 0.6) is 5.75 Å². The lowest BCUT2D eigenvalue weighted by molar-refractivity contribution is 0.0601. The maximum atomic E-state index is 11.4. The summed E-state index contributed by atoms with van der Waals surface area (Å²) < 4.78 is 4.61. The van der Waals surface area contributed by atoms with Gasteiger partial charge in [0.2, 0.25) is 0 Å². The molecule has 0 aliphatic rings. The second-order valence-electron chi connectivity index (χ2n) is 3.70. The van der Waals surface area contributed by atoms with Gasteiger partial charge in [-0.1, -0.05) is 6.07 Å². The Morgan fingerprint density at radius 3 is 2.50 bits per heavy atom. The van der Waals surface area contributed by atoms with E-state index in [1.807, 2.05) is 0 Å². The Morgan fingerprint density at radius 1 is 1.17 bits per heavy atom. The van der Waals surface area contributed by atoms with E-state index >= 15 is 0 Å². The topological polar surface area (TPSA) is 63.6 Å². The van der Waals surface area contributed by atoms with Crippen LogP contribution in [-0.2, 0) is 4.74 Å². The number of methoxy groups -OCH3 is 1. The molecule has 0 unspecified atom stereocenters. The van der Waals surface area contributed by atoms with Crippen molar-refractivity contribution in [1.29, 1.82) is 0 Å². The molecule has 1 N–H and O–H groups in total. The molecule has 0 aliphatic carbocycles. The fourth-order valence-corrected chi connectivity index (χ4v) is 1.84. The summed E-state index contributed by atoms with van der Waals surface area (Å²) in [5.74, 6) is -0.656. The largest absolute Gasteiger partial charge is 0.507 e. The van der Waals surface area contributed by atoms with Crippen molar-refractivity contribution in [3.05, 3.63) is 41.5 Å². The first-order valence-corrected chi connectivity index (χ1v) is 5.45. The molecular weight excluding hydrogens is 256 g/mol. The zero-order chi connectivity index (χ0) is 13.3. The molecule has 4 nitrogen and oxygen atoms in total.